The van der Waals surface area contributed by atoms with Gasteiger partial charge < -0.3 is 20.2 Å². The molecule has 8 nitrogen and oxygen atoms in total. The van der Waals surface area contributed by atoms with E-state index in [1.807, 2.05) is 18.2 Å². The van der Waals surface area contributed by atoms with Crippen molar-refractivity contribution in [2.24, 2.45) is 5.73 Å². The summed E-state index contributed by atoms with van der Waals surface area (Å²) in [5.41, 5.74) is 7.91. The van der Waals surface area contributed by atoms with Crippen molar-refractivity contribution in [1.82, 2.24) is 4.98 Å². The summed E-state index contributed by atoms with van der Waals surface area (Å²) in [6.45, 7) is -0.488. The summed E-state index contributed by atoms with van der Waals surface area (Å²) in [4.78, 5) is 40.2. The van der Waals surface area contributed by atoms with Crippen LogP contribution in [0.4, 0.5) is 5.69 Å². The number of nitrogens with zero attached hydrogens (tertiary/aromatic N) is 1. The number of anilines is 1. The highest BCUT2D eigenvalue weighted by atomic mass is 16.5. The van der Waals surface area contributed by atoms with Gasteiger partial charge >= 0.3 is 5.97 Å². The van der Waals surface area contributed by atoms with Crippen LogP contribution in [-0.4, -0.2) is 29.4 Å². The summed E-state index contributed by atoms with van der Waals surface area (Å²) >= 11 is 0. The minimum atomic E-state index is -0.683. The third-order valence-electron chi connectivity index (χ3n) is 4.46. The van der Waals surface area contributed by atoms with E-state index >= 15 is 0 Å². The number of nitrogens with two attached hydrogens (primary N) is 1. The molecule has 0 fully saturated rings. The van der Waals surface area contributed by atoms with E-state index in [2.05, 4.69) is 10.3 Å². The number of nitrogens with one attached hydrogen (secondary N) is 1. The van der Waals surface area contributed by atoms with Gasteiger partial charge in [-0.15, -0.1) is 0 Å². The lowest BCUT2D eigenvalue weighted by Crippen LogP contribution is -2.21. The van der Waals surface area contributed by atoms with E-state index in [1.54, 1.807) is 30.3 Å². The summed E-state index contributed by atoms with van der Waals surface area (Å²) in [5, 5.41) is 2.58. The van der Waals surface area contributed by atoms with E-state index in [1.165, 1.54) is 24.3 Å². The minimum absolute atomic E-state index is 0.229. The first kappa shape index (κ1) is 19.8. The number of benzene rings is 3. The van der Waals surface area contributed by atoms with Crippen LogP contribution >= 0.6 is 0 Å². The first-order valence-corrected chi connectivity index (χ1v) is 9.33. The quantitative estimate of drug-likeness (QED) is 0.465. The Balaban J connectivity index is 1.44. The Labute approximate surface area is 176 Å². The number of oxazole rings is 1. The highest BCUT2D eigenvalue weighted by Gasteiger charge is 2.19. The second-order valence-electron chi connectivity index (χ2n) is 6.60. The van der Waals surface area contributed by atoms with E-state index < -0.39 is 24.4 Å². The third kappa shape index (κ3) is 4.43. The molecule has 0 unspecified atom stereocenters. The van der Waals surface area contributed by atoms with Crippen LogP contribution in [0.15, 0.2) is 77.2 Å². The number of fused-ring (bicyclic) bond motifs is 1. The molecule has 0 spiro atoms. The molecule has 3 N–H and O–H groups in total. The number of rotatable bonds is 6. The van der Waals surface area contributed by atoms with E-state index in [4.69, 9.17) is 14.9 Å². The topological polar surface area (TPSA) is 125 Å². The van der Waals surface area contributed by atoms with Gasteiger partial charge in [0, 0.05) is 11.3 Å². The van der Waals surface area contributed by atoms with Gasteiger partial charge in [0.2, 0.25) is 11.8 Å². The van der Waals surface area contributed by atoms with E-state index in [9.17, 15) is 14.4 Å². The molecular weight excluding hydrogens is 398 g/mol. The molecule has 0 atom stereocenters. The van der Waals surface area contributed by atoms with Crippen molar-refractivity contribution in [3.05, 3.63) is 83.9 Å². The van der Waals surface area contributed by atoms with Crippen molar-refractivity contribution in [2.45, 2.75) is 0 Å². The first-order chi connectivity index (χ1) is 15.0. The van der Waals surface area contributed by atoms with Crippen LogP contribution in [0.25, 0.3) is 22.6 Å². The highest BCUT2D eigenvalue weighted by molar-refractivity contribution is 5.99. The Morgan fingerprint density at radius 3 is 2.39 bits per heavy atom. The lowest BCUT2D eigenvalue weighted by Gasteiger charge is -2.08. The fourth-order valence-electron chi connectivity index (χ4n) is 2.96. The molecule has 4 rings (SSSR count). The normalized spacial score (nSPS) is 10.6. The third-order valence-corrected chi connectivity index (χ3v) is 4.46. The van der Waals surface area contributed by atoms with Gasteiger partial charge in [0.25, 0.3) is 5.91 Å². The van der Waals surface area contributed by atoms with Gasteiger partial charge in [-0.25, -0.2) is 9.78 Å². The van der Waals surface area contributed by atoms with Crippen molar-refractivity contribution in [2.75, 3.05) is 11.9 Å². The maximum absolute atomic E-state index is 12.6. The second kappa shape index (κ2) is 8.50. The molecule has 2 amide bonds. The molecule has 8 heteroatoms. The van der Waals surface area contributed by atoms with Gasteiger partial charge in [0.1, 0.15) is 5.52 Å². The van der Waals surface area contributed by atoms with Gasteiger partial charge in [-0.2, -0.15) is 0 Å². The van der Waals surface area contributed by atoms with Crippen LogP contribution in [0.5, 0.6) is 0 Å². The molecule has 0 aliphatic rings. The molecule has 1 heterocycles. The Kier molecular flexibility index (Phi) is 5.44. The molecule has 154 valence electrons. The van der Waals surface area contributed by atoms with E-state index in [0.717, 1.165) is 0 Å². The minimum Gasteiger partial charge on any atom is -0.452 e. The van der Waals surface area contributed by atoms with Crippen molar-refractivity contribution < 1.29 is 23.5 Å². The standard InChI is InChI=1S/C23H17N3O5/c24-21(28)14-9-11-15(12-10-14)25-20(27)13-30-23(29)17-6-2-1-5-16(17)22-26-18-7-3-4-8-19(18)31-22/h1-12H,13H2,(H2,24,28)(H,25,27). The Bertz CT molecular complexity index is 1240. The first-order valence-electron chi connectivity index (χ1n) is 9.33. The number of amides is 2. The molecule has 0 saturated carbocycles. The predicted molar refractivity (Wildman–Crippen MR) is 113 cm³/mol. The maximum atomic E-state index is 12.6. The number of para-hydroxylation sites is 2. The number of primary amides is 1. The zero-order valence-corrected chi connectivity index (χ0v) is 16.2. The van der Waals surface area contributed by atoms with Gasteiger partial charge in [-0.1, -0.05) is 24.3 Å². The average molecular weight is 415 g/mol. The Morgan fingerprint density at radius 2 is 1.65 bits per heavy atom. The molecule has 0 radical (unpaired) electrons. The molecule has 4 aromatic rings. The number of carbonyl (C=O) groups is 3. The number of carbonyl (C=O) groups excluding carboxylic acids is 3. The summed E-state index contributed by atoms with van der Waals surface area (Å²) in [6.07, 6.45) is 0. The summed E-state index contributed by atoms with van der Waals surface area (Å²) < 4.78 is 10.9. The zero-order chi connectivity index (χ0) is 21.8. The highest BCUT2D eigenvalue weighted by Crippen LogP contribution is 2.27. The van der Waals surface area contributed by atoms with Crippen LogP contribution < -0.4 is 11.1 Å². The fraction of sp³-hybridized carbons (Fsp3) is 0.0435. The molecule has 0 aliphatic carbocycles. The molecule has 3 aromatic carbocycles. The largest absolute Gasteiger partial charge is 0.452 e. The molecule has 1 aromatic heterocycles. The molecule has 0 aliphatic heterocycles. The molecule has 0 saturated heterocycles. The van der Waals surface area contributed by atoms with Gasteiger partial charge in [-0.3, -0.25) is 9.59 Å². The van der Waals surface area contributed by atoms with Crippen LogP contribution in [0, 0.1) is 0 Å². The van der Waals surface area contributed by atoms with Gasteiger partial charge in [0.05, 0.1) is 11.1 Å². The van der Waals surface area contributed by atoms with Gasteiger partial charge in [-0.05, 0) is 48.5 Å². The Morgan fingerprint density at radius 1 is 0.935 bits per heavy atom. The summed E-state index contributed by atoms with van der Waals surface area (Å²) in [7, 11) is 0. The van der Waals surface area contributed by atoms with Crippen molar-refractivity contribution >= 4 is 34.6 Å². The van der Waals surface area contributed by atoms with Crippen LogP contribution in [0.2, 0.25) is 0 Å². The predicted octanol–water partition coefficient (Wildman–Crippen LogP) is 3.39. The van der Waals surface area contributed by atoms with E-state index in [-0.39, 0.29) is 11.5 Å². The van der Waals surface area contributed by atoms with Crippen molar-refractivity contribution in [3.8, 4) is 11.5 Å². The number of aromatic nitrogens is 1. The molecular formula is C23H17N3O5. The second-order valence-corrected chi connectivity index (χ2v) is 6.60. The Hall–Kier alpha value is -4.46. The smallest absolute Gasteiger partial charge is 0.339 e. The van der Waals surface area contributed by atoms with Crippen molar-refractivity contribution in [1.29, 1.82) is 0 Å². The monoisotopic (exact) mass is 415 g/mol. The maximum Gasteiger partial charge on any atom is 0.339 e. The average Bonchev–Trinajstić information content (AvgIpc) is 3.22. The number of hydrogen-bond donors (Lipinski definition) is 2. The van der Waals surface area contributed by atoms with Gasteiger partial charge in [0.15, 0.2) is 12.2 Å². The number of hydrogen-bond acceptors (Lipinski definition) is 6. The van der Waals surface area contributed by atoms with Crippen LogP contribution in [-0.2, 0) is 9.53 Å². The van der Waals surface area contributed by atoms with E-state index in [0.29, 0.717) is 27.9 Å². The van der Waals surface area contributed by atoms with Crippen molar-refractivity contribution in [3.63, 3.8) is 0 Å². The zero-order valence-electron chi connectivity index (χ0n) is 16.2. The van der Waals surface area contributed by atoms with Crippen LogP contribution in [0.1, 0.15) is 20.7 Å². The molecule has 0 bridgehead atoms. The fourth-order valence-corrected chi connectivity index (χ4v) is 2.96. The summed E-state index contributed by atoms with van der Waals surface area (Å²) in [6, 6.07) is 20.0. The SMILES string of the molecule is NC(=O)c1ccc(NC(=O)COC(=O)c2ccccc2-c2nc3ccccc3o2)cc1. The van der Waals surface area contributed by atoms with Crippen LogP contribution in [0.3, 0.4) is 0 Å². The number of ether oxygens (including phenoxy) is 1. The number of esters is 1. The summed E-state index contributed by atoms with van der Waals surface area (Å²) in [5.74, 6) is -1.49. The molecule has 31 heavy (non-hydrogen) atoms. The lowest BCUT2D eigenvalue weighted by molar-refractivity contribution is -0.119. The lowest BCUT2D eigenvalue weighted by atomic mass is 10.1.